The Hall–Kier alpha value is -2.60. The number of urea groups is 1. The van der Waals surface area contributed by atoms with Crippen LogP contribution in [0, 0.1) is 12.8 Å². The molecule has 0 bridgehead atoms. The maximum absolute atomic E-state index is 12.3. The number of nitrogens with zero attached hydrogens (tertiary/aromatic N) is 2. The Kier molecular flexibility index (Phi) is 5.50. The number of carbonyl (C=O) groups excluding carboxylic acids is 1. The summed E-state index contributed by atoms with van der Waals surface area (Å²) in [7, 11) is 0. The summed E-state index contributed by atoms with van der Waals surface area (Å²) >= 11 is 0. The molecule has 25 heavy (non-hydrogen) atoms. The number of aliphatic hydroxyl groups excluding tert-OH is 1. The van der Waals surface area contributed by atoms with Crippen LogP contribution < -0.4 is 10.1 Å². The maximum Gasteiger partial charge on any atom is 0.321 e. The van der Waals surface area contributed by atoms with Crippen molar-refractivity contribution in [1.82, 2.24) is 9.88 Å². The first-order valence-corrected chi connectivity index (χ1v) is 8.51. The highest BCUT2D eigenvalue weighted by atomic mass is 16.5. The van der Waals surface area contributed by atoms with Gasteiger partial charge >= 0.3 is 6.03 Å². The standard InChI is InChI=1S/C19H23N3O3/c1-14-2-5-17(6-3-14)25-18-7-4-16(12-20-18)21-19(24)22-10-8-15(13-23)9-11-22/h2-7,12,15,23H,8-11,13H2,1H3,(H,21,24). The van der Waals surface area contributed by atoms with Gasteiger partial charge in [-0.05, 0) is 43.9 Å². The van der Waals surface area contributed by atoms with Gasteiger partial charge in [0.05, 0.1) is 11.9 Å². The number of amides is 2. The first-order valence-electron chi connectivity index (χ1n) is 8.51. The van der Waals surface area contributed by atoms with Crippen molar-refractivity contribution >= 4 is 11.7 Å². The number of hydrogen-bond donors (Lipinski definition) is 2. The molecular formula is C19H23N3O3. The first-order chi connectivity index (χ1) is 12.1. The molecule has 1 aromatic carbocycles. The van der Waals surface area contributed by atoms with Crippen molar-refractivity contribution in [3.63, 3.8) is 0 Å². The summed E-state index contributed by atoms with van der Waals surface area (Å²) in [6.45, 7) is 3.55. The third kappa shape index (κ3) is 4.70. The molecule has 1 saturated heterocycles. The van der Waals surface area contributed by atoms with E-state index in [4.69, 9.17) is 9.84 Å². The minimum atomic E-state index is -0.134. The fraction of sp³-hybridized carbons (Fsp3) is 0.368. The van der Waals surface area contributed by atoms with Crippen LogP contribution in [0.5, 0.6) is 11.6 Å². The lowest BCUT2D eigenvalue weighted by Gasteiger charge is -2.31. The number of rotatable bonds is 4. The monoisotopic (exact) mass is 341 g/mol. The van der Waals surface area contributed by atoms with Gasteiger partial charge < -0.3 is 20.1 Å². The summed E-state index contributed by atoms with van der Waals surface area (Å²) in [6.07, 6.45) is 3.26. The van der Waals surface area contributed by atoms with Gasteiger partial charge in [0.15, 0.2) is 0 Å². The van der Waals surface area contributed by atoms with E-state index >= 15 is 0 Å². The van der Waals surface area contributed by atoms with Crippen molar-refractivity contribution in [3.8, 4) is 11.6 Å². The van der Waals surface area contributed by atoms with E-state index in [1.807, 2.05) is 31.2 Å². The van der Waals surface area contributed by atoms with Crippen molar-refractivity contribution in [2.24, 2.45) is 5.92 Å². The number of ether oxygens (including phenoxy) is 1. The van der Waals surface area contributed by atoms with Gasteiger partial charge in [-0.25, -0.2) is 9.78 Å². The van der Waals surface area contributed by atoms with Gasteiger partial charge in [0, 0.05) is 25.8 Å². The Morgan fingerprint density at radius 1 is 1.24 bits per heavy atom. The Morgan fingerprint density at radius 3 is 2.56 bits per heavy atom. The van der Waals surface area contributed by atoms with Crippen LogP contribution >= 0.6 is 0 Å². The summed E-state index contributed by atoms with van der Waals surface area (Å²) in [5.74, 6) is 1.51. The Morgan fingerprint density at radius 2 is 1.96 bits per heavy atom. The molecular weight excluding hydrogens is 318 g/mol. The molecule has 0 atom stereocenters. The minimum absolute atomic E-state index is 0.134. The maximum atomic E-state index is 12.3. The van der Waals surface area contributed by atoms with Crippen LogP contribution in [0.4, 0.5) is 10.5 Å². The van der Waals surface area contributed by atoms with Crippen molar-refractivity contribution in [3.05, 3.63) is 48.2 Å². The predicted octanol–water partition coefficient (Wildman–Crippen LogP) is 3.42. The molecule has 2 heterocycles. The summed E-state index contributed by atoms with van der Waals surface area (Å²) in [4.78, 5) is 18.3. The molecule has 0 radical (unpaired) electrons. The highest BCUT2D eigenvalue weighted by molar-refractivity contribution is 5.89. The molecule has 132 valence electrons. The van der Waals surface area contributed by atoms with Crippen molar-refractivity contribution < 1.29 is 14.6 Å². The smallest absolute Gasteiger partial charge is 0.321 e. The second kappa shape index (κ2) is 7.98. The number of aliphatic hydroxyl groups is 1. The molecule has 2 N–H and O–H groups in total. The number of aryl methyl sites for hydroxylation is 1. The van der Waals surface area contributed by atoms with E-state index in [9.17, 15) is 4.79 Å². The fourth-order valence-corrected chi connectivity index (χ4v) is 2.76. The SMILES string of the molecule is Cc1ccc(Oc2ccc(NC(=O)N3CCC(CO)CC3)cn2)cc1. The molecule has 1 aliphatic heterocycles. The molecule has 0 saturated carbocycles. The number of pyridine rings is 1. The zero-order valence-corrected chi connectivity index (χ0v) is 14.3. The van der Waals surface area contributed by atoms with E-state index in [0.717, 1.165) is 18.6 Å². The number of aromatic nitrogens is 1. The zero-order chi connectivity index (χ0) is 17.6. The quantitative estimate of drug-likeness (QED) is 0.893. The van der Waals surface area contributed by atoms with Crippen LogP contribution in [0.2, 0.25) is 0 Å². The Balaban J connectivity index is 1.53. The summed E-state index contributed by atoms with van der Waals surface area (Å²) in [5.41, 5.74) is 1.80. The second-order valence-electron chi connectivity index (χ2n) is 6.34. The van der Waals surface area contributed by atoms with E-state index in [1.165, 1.54) is 5.56 Å². The van der Waals surface area contributed by atoms with Gasteiger partial charge in [0.2, 0.25) is 5.88 Å². The van der Waals surface area contributed by atoms with Crippen molar-refractivity contribution in [1.29, 1.82) is 0 Å². The van der Waals surface area contributed by atoms with Gasteiger partial charge in [-0.3, -0.25) is 0 Å². The lowest BCUT2D eigenvalue weighted by atomic mass is 9.98. The number of benzene rings is 1. The van der Waals surface area contributed by atoms with Crippen LogP contribution in [0.3, 0.4) is 0 Å². The lowest BCUT2D eigenvalue weighted by molar-refractivity contribution is 0.143. The van der Waals surface area contributed by atoms with E-state index in [-0.39, 0.29) is 12.6 Å². The molecule has 0 aliphatic carbocycles. The first kappa shape index (κ1) is 17.2. The number of anilines is 1. The van der Waals surface area contributed by atoms with Gasteiger partial charge in [-0.2, -0.15) is 0 Å². The molecule has 6 heteroatoms. The van der Waals surface area contributed by atoms with E-state index < -0.39 is 0 Å². The Labute approximate surface area is 147 Å². The minimum Gasteiger partial charge on any atom is -0.439 e. The van der Waals surface area contributed by atoms with Gasteiger partial charge in [0.1, 0.15) is 5.75 Å². The molecule has 2 amide bonds. The van der Waals surface area contributed by atoms with Crippen LogP contribution in [0.15, 0.2) is 42.6 Å². The van der Waals surface area contributed by atoms with Crippen LogP contribution in [0.1, 0.15) is 18.4 Å². The van der Waals surface area contributed by atoms with Gasteiger partial charge in [-0.1, -0.05) is 17.7 Å². The van der Waals surface area contributed by atoms with Crippen LogP contribution in [-0.4, -0.2) is 40.7 Å². The molecule has 3 rings (SSSR count). The summed E-state index contributed by atoms with van der Waals surface area (Å²) in [6, 6.07) is 11.1. The lowest BCUT2D eigenvalue weighted by Crippen LogP contribution is -2.41. The van der Waals surface area contributed by atoms with E-state index in [1.54, 1.807) is 23.2 Å². The second-order valence-corrected chi connectivity index (χ2v) is 6.34. The topological polar surface area (TPSA) is 74.7 Å². The molecule has 0 unspecified atom stereocenters. The predicted molar refractivity (Wildman–Crippen MR) is 95.9 cm³/mol. The van der Waals surface area contributed by atoms with Crippen molar-refractivity contribution in [2.75, 3.05) is 25.0 Å². The highest BCUT2D eigenvalue weighted by Crippen LogP contribution is 2.21. The molecule has 1 fully saturated rings. The van der Waals surface area contributed by atoms with E-state index in [0.29, 0.717) is 30.6 Å². The zero-order valence-electron chi connectivity index (χ0n) is 14.3. The number of likely N-dealkylation sites (tertiary alicyclic amines) is 1. The number of piperidine rings is 1. The fourth-order valence-electron chi connectivity index (χ4n) is 2.76. The highest BCUT2D eigenvalue weighted by Gasteiger charge is 2.22. The number of hydrogen-bond acceptors (Lipinski definition) is 4. The average Bonchev–Trinajstić information content (AvgIpc) is 2.65. The Bertz CT molecular complexity index is 693. The number of nitrogens with one attached hydrogen (secondary N) is 1. The summed E-state index contributed by atoms with van der Waals surface area (Å²) in [5, 5.41) is 12.0. The summed E-state index contributed by atoms with van der Waals surface area (Å²) < 4.78 is 5.68. The molecule has 2 aromatic rings. The number of carbonyl (C=O) groups is 1. The molecule has 6 nitrogen and oxygen atoms in total. The van der Waals surface area contributed by atoms with Crippen molar-refractivity contribution in [2.45, 2.75) is 19.8 Å². The van der Waals surface area contributed by atoms with Gasteiger partial charge in [0.25, 0.3) is 0 Å². The third-order valence-electron chi connectivity index (χ3n) is 4.39. The largest absolute Gasteiger partial charge is 0.439 e. The van der Waals surface area contributed by atoms with Crippen LogP contribution in [0.25, 0.3) is 0 Å². The molecule has 0 spiro atoms. The molecule has 1 aliphatic rings. The van der Waals surface area contributed by atoms with Gasteiger partial charge in [-0.15, -0.1) is 0 Å². The van der Waals surface area contributed by atoms with E-state index in [2.05, 4.69) is 10.3 Å². The average molecular weight is 341 g/mol. The third-order valence-corrected chi connectivity index (χ3v) is 4.39. The molecule has 1 aromatic heterocycles. The van der Waals surface area contributed by atoms with Crippen LogP contribution in [-0.2, 0) is 0 Å². The normalized spacial score (nSPS) is 15.0.